The number of aliphatic hydroxyl groups is 1. The Morgan fingerprint density at radius 3 is 1.91 bits per heavy atom. The molecule has 2 aromatic heterocycles. The molecule has 3 aromatic carbocycles. The number of rotatable bonds is 11. The first-order valence-corrected chi connectivity index (χ1v) is 14.8. The molecule has 0 amide bonds. The third-order valence-corrected chi connectivity index (χ3v) is 8.15. The molecule has 1 aliphatic rings. The zero-order valence-corrected chi connectivity index (χ0v) is 24.9. The van der Waals surface area contributed by atoms with Crippen molar-refractivity contribution in [3.8, 4) is 22.9 Å². The lowest BCUT2D eigenvalue weighted by Crippen LogP contribution is -2.38. The van der Waals surface area contributed by atoms with Crippen LogP contribution in [0.3, 0.4) is 0 Å². The summed E-state index contributed by atoms with van der Waals surface area (Å²) in [4.78, 5) is 8.98. The molecule has 1 saturated heterocycles. The van der Waals surface area contributed by atoms with Crippen LogP contribution in [0.4, 0.5) is 0 Å². The summed E-state index contributed by atoms with van der Waals surface area (Å²) in [5, 5.41) is 11.1. The fraction of sp³-hybridized carbons (Fsp3) is 0.243. The fourth-order valence-electron chi connectivity index (χ4n) is 5.85. The first kappa shape index (κ1) is 29.5. The minimum absolute atomic E-state index is 0.158. The molecule has 224 valence electrons. The van der Waals surface area contributed by atoms with E-state index in [1.165, 1.54) is 0 Å². The van der Waals surface area contributed by atoms with Gasteiger partial charge in [-0.2, -0.15) is 0 Å². The second kappa shape index (κ2) is 13.4. The van der Waals surface area contributed by atoms with E-state index in [9.17, 15) is 5.11 Å². The van der Waals surface area contributed by atoms with Crippen LogP contribution in [0.25, 0.3) is 11.4 Å². The van der Waals surface area contributed by atoms with Gasteiger partial charge in [0.15, 0.2) is 0 Å². The second-order valence-corrected chi connectivity index (χ2v) is 10.9. The van der Waals surface area contributed by atoms with Crippen LogP contribution in [-0.4, -0.2) is 54.2 Å². The van der Waals surface area contributed by atoms with Crippen LogP contribution >= 0.6 is 0 Å². The predicted molar refractivity (Wildman–Crippen MR) is 169 cm³/mol. The van der Waals surface area contributed by atoms with E-state index in [1.807, 2.05) is 103 Å². The molecule has 7 nitrogen and oxygen atoms in total. The van der Waals surface area contributed by atoms with Gasteiger partial charge >= 0.3 is 0 Å². The van der Waals surface area contributed by atoms with Crippen LogP contribution < -0.4 is 9.47 Å². The van der Waals surface area contributed by atoms with Gasteiger partial charge in [-0.1, -0.05) is 66.7 Å². The van der Waals surface area contributed by atoms with E-state index < -0.39 is 17.8 Å². The van der Waals surface area contributed by atoms with Crippen molar-refractivity contribution in [2.45, 2.75) is 36.8 Å². The van der Waals surface area contributed by atoms with Crippen molar-refractivity contribution in [1.29, 1.82) is 0 Å². The van der Waals surface area contributed by atoms with Crippen molar-refractivity contribution in [1.82, 2.24) is 9.97 Å². The largest absolute Gasteiger partial charge is 0.497 e. The molecule has 0 unspecified atom stereocenters. The zero-order chi connectivity index (χ0) is 30.4. The van der Waals surface area contributed by atoms with Crippen LogP contribution in [0.5, 0.6) is 11.5 Å². The lowest BCUT2D eigenvalue weighted by atomic mass is 9.80. The van der Waals surface area contributed by atoms with Crippen molar-refractivity contribution in [2.75, 3.05) is 20.8 Å². The van der Waals surface area contributed by atoms with Gasteiger partial charge in [-0.15, -0.1) is 0 Å². The minimum Gasteiger partial charge on any atom is -0.497 e. The Morgan fingerprint density at radius 1 is 0.727 bits per heavy atom. The number of ether oxygens (including phenoxy) is 4. The molecule has 0 aliphatic carbocycles. The number of hydrogen-bond donors (Lipinski definition) is 1. The number of aromatic nitrogens is 2. The van der Waals surface area contributed by atoms with E-state index in [1.54, 1.807) is 20.4 Å². The third-order valence-electron chi connectivity index (χ3n) is 8.15. The minimum atomic E-state index is -0.980. The topological polar surface area (TPSA) is 82.9 Å². The van der Waals surface area contributed by atoms with Gasteiger partial charge in [0.25, 0.3) is 0 Å². The van der Waals surface area contributed by atoms with Gasteiger partial charge in [0, 0.05) is 25.2 Å². The molecule has 0 saturated carbocycles. The highest BCUT2D eigenvalue weighted by Gasteiger charge is 2.41. The summed E-state index contributed by atoms with van der Waals surface area (Å²) >= 11 is 0. The molecule has 1 N–H and O–H groups in total. The van der Waals surface area contributed by atoms with Crippen molar-refractivity contribution < 1.29 is 24.1 Å². The van der Waals surface area contributed by atoms with Crippen LogP contribution in [0.15, 0.2) is 122 Å². The molecule has 3 heterocycles. The number of methoxy groups -OCH3 is 2. The zero-order valence-electron chi connectivity index (χ0n) is 24.9. The van der Waals surface area contributed by atoms with E-state index in [0.29, 0.717) is 12.8 Å². The van der Waals surface area contributed by atoms with Gasteiger partial charge in [-0.05, 0) is 64.7 Å². The van der Waals surface area contributed by atoms with E-state index in [0.717, 1.165) is 45.1 Å². The summed E-state index contributed by atoms with van der Waals surface area (Å²) in [5.74, 6) is 1.51. The lowest BCUT2D eigenvalue weighted by molar-refractivity contribution is -0.0820. The average molecular weight is 589 g/mol. The molecule has 6 rings (SSSR count). The van der Waals surface area contributed by atoms with Gasteiger partial charge in [0.2, 0.25) is 0 Å². The molecular formula is C37H36N2O5. The quantitative estimate of drug-likeness (QED) is 0.183. The Morgan fingerprint density at radius 2 is 1.34 bits per heavy atom. The Balaban J connectivity index is 1.25. The molecule has 7 heteroatoms. The maximum Gasteiger partial charge on any atom is 0.143 e. The summed E-state index contributed by atoms with van der Waals surface area (Å²) in [6, 6.07) is 35.7. The van der Waals surface area contributed by atoms with Gasteiger partial charge in [0.1, 0.15) is 23.2 Å². The summed E-state index contributed by atoms with van der Waals surface area (Å²) in [7, 11) is 3.30. The Labute approximate surface area is 258 Å². The molecule has 1 fully saturated rings. The van der Waals surface area contributed by atoms with E-state index in [-0.39, 0.29) is 12.7 Å². The highest BCUT2D eigenvalue weighted by atomic mass is 16.6. The first-order valence-electron chi connectivity index (χ1n) is 14.8. The summed E-state index contributed by atoms with van der Waals surface area (Å²) < 4.78 is 24.3. The molecule has 1 aliphatic heterocycles. The SMILES string of the molecule is COc1ccc(C(OC[C@H]2O[C@@H](Cc3ccc(-c4ccccn4)nc3)C[C@@H]2O)(c2ccccc2)c2ccc(OC)cc2)cc1. The Bertz CT molecular complexity index is 1560. The Hall–Kier alpha value is -4.56. The second-order valence-electron chi connectivity index (χ2n) is 10.9. The normalized spacial score (nSPS) is 18.2. The summed E-state index contributed by atoms with van der Waals surface area (Å²) in [6.45, 7) is 0.182. The number of aliphatic hydroxyl groups excluding tert-OH is 1. The van der Waals surface area contributed by atoms with Gasteiger partial charge < -0.3 is 24.1 Å². The van der Waals surface area contributed by atoms with Crippen molar-refractivity contribution in [3.05, 3.63) is 144 Å². The first-order chi connectivity index (χ1) is 21.6. The van der Waals surface area contributed by atoms with Crippen LogP contribution in [0, 0.1) is 0 Å². The Kier molecular flexibility index (Phi) is 8.98. The van der Waals surface area contributed by atoms with Crippen molar-refractivity contribution in [2.24, 2.45) is 0 Å². The number of pyridine rings is 2. The van der Waals surface area contributed by atoms with E-state index >= 15 is 0 Å². The predicted octanol–water partition coefficient (Wildman–Crippen LogP) is 6.23. The number of benzene rings is 3. The maximum absolute atomic E-state index is 11.1. The highest BCUT2D eigenvalue weighted by Crippen LogP contribution is 2.42. The van der Waals surface area contributed by atoms with E-state index in [2.05, 4.69) is 22.1 Å². The maximum atomic E-state index is 11.1. The van der Waals surface area contributed by atoms with E-state index in [4.69, 9.17) is 18.9 Å². The smallest absolute Gasteiger partial charge is 0.143 e. The summed E-state index contributed by atoms with van der Waals surface area (Å²) in [5.41, 5.74) is 4.53. The molecule has 5 aromatic rings. The lowest BCUT2D eigenvalue weighted by Gasteiger charge is -2.37. The monoisotopic (exact) mass is 588 g/mol. The fourth-order valence-corrected chi connectivity index (χ4v) is 5.85. The molecule has 0 spiro atoms. The van der Waals surface area contributed by atoms with Gasteiger partial charge in [-0.25, -0.2) is 0 Å². The highest BCUT2D eigenvalue weighted by molar-refractivity contribution is 5.53. The van der Waals surface area contributed by atoms with Crippen molar-refractivity contribution in [3.63, 3.8) is 0 Å². The molecule has 0 bridgehead atoms. The number of nitrogens with zero attached hydrogens (tertiary/aromatic N) is 2. The van der Waals surface area contributed by atoms with Crippen LogP contribution in [0.1, 0.15) is 28.7 Å². The van der Waals surface area contributed by atoms with Gasteiger partial charge in [-0.3, -0.25) is 9.97 Å². The molecular weight excluding hydrogens is 552 g/mol. The van der Waals surface area contributed by atoms with Crippen LogP contribution in [0.2, 0.25) is 0 Å². The average Bonchev–Trinajstić information content (AvgIpc) is 3.44. The van der Waals surface area contributed by atoms with Crippen LogP contribution in [-0.2, 0) is 21.5 Å². The van der Waals surface area contributed by atoms with Gasteiger partial charge in [0.05, 0.1) is 44.4 Å². The molecule has 44 heavy (non-hydrogen) atoms. The number of hydrogen-bond acceptors (Lipinski definition) is 7. The standard InChI is InChI=1S/C37H36N2O5/c1-41-30-16-12-28(13-17-30)37(27-8-4-3-5-9-27,29-14-18-31(42-2)19-15-29)43-25-36-35(40)23-32(44-36)22-26-11-20-34(39-24-26)33-10-6-7-21-38-33/h3-21,24,32,35-36,40H,22-23,25H2,1-2H3/t32-,35-,36+/m0/s1. The molecule has 3 atom stereocenters. The van der Waals surface area contributed by atoms with Crippen molar-refractivity contribution >= 4 is 0 Å². The summed E-state index contributed by atoms with van der Waals surface area (Å²) in [6.07, 6.45) is 3.45. The molecule has 0 radical (unpaired) electrons. The third kappa shape index (κ3) is 6.21.